The van der Waals surface area contributed by atoms with Crippen LogP contribution >= 0.6 is 11.3 Å². The van der Waals surface area contributed by atoms with Gasteiger partial charge in [0.15, 0.2) is 5.13 Å². The van der Waals surface area contributed by atoms with Crippen molar-refractivity contribution < 1.29 is 9.18 Å². The zero-order valence-electron chi connectivity index (χ0n) is 14.6. The first-order valence-electron chi connectivity index (χ1n) is 8.54. The zero-order valence-corrected chi connectivity index (χ0v) is 15.5. The monoisotopic (exact) mass is 380 g/mol. The summed E-state index contributed by atoms with van der Waals surface area (Å²) in [6, 6.07) is 11.9. The molecule has 0 fully saturated rings. The molecule has 1 N–H and O–H groups in total. The maximum atomic E-state index is 13.8. The lowest BCUT2D eigenvalue weighted by atomic mass is 10.1. The van der Waals surface area contributed by atoms with Gasteiger partial charge in [-0.1, -0.05) is 53.8 Å². The minimum Gasteiger partial charge on any atom is -0.298 e. The van der Waals surface area contributed by atoms with Crippen LogP contribution < -0.4 is 5.32 Å². The highest BCUT2D eigenvalue weighted by Gasteiger charge is 2.18. The standard InChI is InChI=1S/C20H17FN4OS/c1-25-17(11-16(24-25)13-7-3-2-4-8-13)18-12-22-20(27-18)23-19(26)14-9-5-6-10-15(14)21/h2-5,7-9,11-12H,6,10H2,1H3,(H,22,23,26). The number of amides is 1. The van der Waals surface area contributed by atoms with Crippen LogP contribution in [0.4, 0.5) is 9.52 Å². The van der Waals surface area contributed by atoms with Gasteiger partial charge in [-0.15, -0.1) is 0 Å². The normalized spacial score (nSPS) is 13.9. The number of aromatic nitrogens is 3. The molecule has 5 nitrogen and oxygen atoms in total. The quantitative estimate of drug-likeness (QED) is 0.712. The van der Waals surface area contributed by atoms with Crippen LogP contribution in [0.15, 0.2) is 66.1 Å². The molecule has 1 amide bonds. The Morgan fingerprint density at radius 2 is 2.11 bits per heavy atom. The average Bonchev–Trinajstić information content (AvgIpc) is 3.29. The minimum atomic E-state index is -0.473. The highest BCUT2D eigenvalue weighted by atomic mass is 32.1. The van der Waals surface area contributed by atoms with Gasteiger partial charge in [0.2, 0.25) is 0 Å². The highest BCUT2D eigenvalue weighted by Crippen LogP contribution is 2.32. The molecule has 2 heterocycles. The van der Waals surface area contributed by atoms with E-state index in [0.717, 1.165) is 21.8 Å². The second kappa shape index (κ2) is 7.28. The van der Waals surface area contributed by atoms with E-state index in [0.29, 0.717) is 11.6 Å². The van der Waals surface area contributed by atoms with Crippen LogP contribution in [0.3, 0.4) is 0 Å². The molecule has 1 aromatic carbocycles. The number of nitrogens with zero attached hydrogens (tertiary/aromatic N) is 3. The van der Waals surface area contributed by atoms with Crippen LogP contribution in [0.1, 0.15) is 12.8 Å². The Bertz CT molecular complexity index is 1050. The number of aryl methyl sites for hydroxylation is 1. The van der Waals surface area contributed by atoms with Crippen molar-refractivity contribution in [2.75, 3.05) is 5.32 Å². The highest BCUT2D eigenvalue weighted by molar-refractivity contribution is 7.19. The molecule has 0 bridgehead atoms. The van der Waals surface area contributed by atoms with Crippen LogP contribution in [0.2, 0.25) is 0 Å². The first kappa shape index (κ1) is 17.4. The van der Waals surface area contributed by atoms with Gasteiger partial charge in [-0.2, -0.15) is 5.10 Å². The maximum absolute atomic E-state index is 13.8. The van der Waals surface area contributed by atoms with E-state index < -0.39 is 5.91 Å². The van der Waals surface area contributed by atoms with E-state index in [1.165, 1.54) is 17.4 Å². The van der Waals surface area contributed by atoms with E-state index in [9.17, 15) is 9.18 Å². The molecule has 0 aliphatic heterocycles. The number of allylic oxidation sites excluding steroid dienone is 2. The van der Waals surface area contributed by atoms with E-state index in [-0.39, 0.29) is 17.8 Å². The molecule has 0 atom stereocenters. The fourth-order valence-corrected chi connectivity index (χ4v) is 3.76. The smallest absolute Gasteiger partial charge is 0.260 e. The van der Waals surface area contributed by atoms with E-state index in [4.69, 9.17) is 0 Å². The van der Waals surface area contributed by atoms with Crippen LogP contribution in [-0.4, -0.2) is 20.7 Å². The summed E-state index contributed by atoms with van der Waals surface area (Å²) >= 11 is 1.33. The summed E-state index contributed by atoms with van der Waals surface area (Å²) in [5, 5.41) is 7.66. The predicted molar refractivity (Wildman–Crippen MR) is 105 cm³/mol. The van der Waals surface area contributed by atoms with Crippen LogP contribution in [0.25, 0.3) is 21.8 Å². The largest absolute Gasteiger partial charge is 0.298 e. The molecule has 0 saturated carbocycles. The Labute approximate surface area is 159 Å². The topological polar surface area (TPSA) is 59.8 Å². The lowest BCUT2D eigenvalue weighted by Crippen LogP contribution is -2.15. The number of anilines is 1. The first-order valence-corrected chi connectivity index (χ1v) is 9.35. The third-order valence-corrected chi connectivity index (χ3v) is 5.22. The van der Waals surface area contributed by atoms with Crippen molar-refractivity contribution in [3.05, 3.63) is 66.1 Å². The molecule has 7 heteroatoms. The molecule has 4 rings (SSSR count). The number of carbonyl (C=O) groups excluding carboxylic acids is 1. The molecular weight excluding hydrogens is 363 g/mol. The lowest BCUT2D eigenvalue weighted by molar-refractivity contribution is -0.112. The molecule has 1 aliphatic carbocycles. The SMILES string of the molecule is Cn1nc(-c2ccccc2)cc1-c1cnc(NC(=O)C2=C(F)CCC=C2)s1. The number of thiazole rings is 1. The van der Waals surface area contributed by atoms with Gasteiger partial charge >= 0.3 is 0 Å². The molecule has 27 heavy (non-hydrogen) atoms. The first-order chi connectivity index (χ1) is 13.1. The summed E-state index contributed by atoms with van der Waals surface area (Å²) in [5.41, 5.74) is 2.87. The fourth-order valence-electron chi connectivity index (χ4n) is 2.90. The third kappa shape index (κ3) is 3.59. The molecule has 136 valence electrons. The molecule has 0 spiro atoms. The number of carbonyl (C=O) groups is 1. The van der Waals surface area contributed by atoms with Crippen LogP contribution in [0.5, 0.6) is 0 Å². The summed E-state index contributed by atoms with van der Waals surface area (Å²) in [4.78, 5) is 17.4. The van der Waals surface area contributed by atoms with Crippen molar-refractivity contribution in [3.63, 3.8) is 0 Å². The molecule has 1 aliphatic rings. The lowest BCUT2D eigenvalue weighted by Gasteiger charge is -2.08. The Morgan fingerprint density at radius 3 is 2.89 bits per heavy atom. The van der Waals surface area contributed by atoms with Gasteiger partial charge in [-0.3, -0.25) is 14.8 Å². The molecule has 0 unspecified atom stereocenters. The molecular formula is C20H17FN4OS. The molecule has 2 aromatic heterocycles. The van der Waals surface area contributed by atoms with Gasteiger partial charge < -0.3 is 0 Å². The number of benzene rings is 1. The van der Waals surface area contributed by atoms with Gasteiger partial charge in [0, 0.05) is 25.2 Å². The van der Waals surface area contributed by atoms with Gasteiger partial charge in [-0.25, -0.2) is 9.37 Å². The van der Waals surface area contributed by atoms with Crippen molar-refractivity contribution in [3.8, 4) is 21.8 Å². The Morgan fingerprint density at radius 1 is 1.30 bits per heavy atom. The summed E-state index contributed by atoms with van der Waals surface area (Å²) in [7, 11) is 1.87. The maximum Gasteiger partial charge on any atom is 0.260 e. The van der Waals surface area contributed by atoms with Gasteiger partial charge in [-0.05, 0) is 12.5 Å². The second-order valence-corrected chi connectivity index (χ2v) is 7.18. The average molecular weight is 380 g/mol. The van der Waals surface area contributed by atoms with Crippen molar-refractivity contribution in [1.82, 2.24) is 14.8 Å². The number of rotatable bonds is 4. The predicted octanol–water partition coefficient (Wildman–Crippen LogP) is 4.72. The number of halogens is 1. The zero-order chi connectivity index (χ0) is 18.8. The summed E-state index contributed by atoms with van der Waals surface area (Å²) in [5.74, 6) is -0.856. The van der Waals surface area contributed by atoms with Gasteiger partial charge in [0.05, 0.1) is 21.8 Å². The summed E-state index contributed by atoms with van der Waals surface area (Å²) in [6.45, 7) is 0. The Hall–Kier alpha value is -3.06. The van der Waals surface area contributed by atoms with E-state index in [1.54, 1.807) is 17.0 Å². The molecule has 3 aromatic rings. The third-order valence-electron chi connectivity index (χ3n) is 4.28. The van der Waals surface area contributed by atoms with Crippen molar-refractivity contribution in [1.29, 1.82) is 0 Å². The number of nitrogens with one attached hydrogen (secondary N) is 1. The van der Waals surface area contributed by atoms with E-state index in [1.807, 2.05) is 43.4 Å². The molecule has 0 saturated heterocycles. The van der Waals surface area contributed by atoms with Crippen molar-refractivity contribution >= 4 is 22.4 Å². The fraction of sp³-hybridized carbons (Fsp3) is 0.150. The number of hydrogen-bond acceptors (Lipinski definition) is 4. The summed E-state index contributed by atoms with van der Waals surface area (Å²) < 4.78 is 15.6. The second-order valence-electron chi connectivity index (χ2n) is 6.15. The minimum absolute atomic E-state index is 0.0740. The van der Waals surface area contributed by atoms with Crippen LogP contribution in [-0.2, 0) is 11.8 Å². The van der Waals surface area contributed by atoms with Crippen molar-refractivity contribution in [2.45, 2.75) is 12.8 Å². The van der Waals surface area contributed by atoms with Crippen LogP contribution in [0, 0.1) is 0 Å². The van der Waals surface area contributed by atoms with Gasteiger partial charge in [0.1, 0.15) is 5.83 Å². The van der Waals surface area contributed by atoms with Crippen molar-refractivity contribution in [2.24, 2.45) is 7.05 Å². The summed E-state index contributed by atoms with van der Waals surface area (Å²) in [6.07, 6.45) is 5.89. The molecule has 0 radical (unpaired) electrons. The van der Waals surface area contributed by atoms with Gasteiger partial charge in [0.25, 0.3) is 5.91 Å². The van der Waals surface area contributed by atoms with E-state index >= 15 is 0 Å². The Kier molecular flexibility index (Phi) is 4.68. The van der Waals surface area contributed by atoms with E-state index in [2.05, 4.69) is 15.4 Å². The number of hydrogen-bond donors (Lipinski definition) is 1. The Balaban J connectivity index is 1.56.